The fourth-order valence-corrected chi connectivity index (χ4v) is 5.59. The van der Waals surface area contributed by atoms with E-state index in [1.807, 2.05) is 48.7 Å². The van der Waals surface area contributed by atoms with Crippen LogP contribution >= 0.6 is 0 Å². The number of aliphatic hydroxyl groups excluding tert-OH is 2. The standard InChI is InChI=1S/C35H36F4N2O6/c1-21(2)41-29(17-14-26(42)18-27(43)19-30(44)45)31(24-10-12-25(36)13-11-24)32(23-6-4-3-5-7-23)33(41)34(46)40-20-22-8-15-28(16-9-22)47-35(37,38)39/h3-13,15-16,21,26-27,42-43H,14,17-20H2,1-2H3,(H,40,46)(H,44,45)/t26-,27-/m1/s1. The molecule has 12 heteroatoms. The number of rotatable bonds is 14. The van der Waals surface area contributed by atoms with Crippen LogP contribution in [0.15, 0.2) is 78.9 Å². The van der Waals surface area contributed by atoms with E-state index >= 15 is 0 Å². The molecule has 4 N–H and O–H groups in total. The van der Waals surface area contributed by atoms with Crippen molar-refractivity contribution in [3.8, 4) is 28.0 Å². The van der Waals surface area contributed by atoms with Crippen molar-refractivity contribution in [3.63, 3.8) is 0 Å². The number of nitrogens with zero attached hydrogens (tertiary/aromatic N) is 1. The maximum Gasteiger partial charge on any atom is 0.573 e. The lowest BCUT2D eigenvalue weighted by Gasteiger charge is -2.20. The van der Waals surface area contributed by atoms with Crippen LogP contribution in [0.1, 0.15) is 60.9 Å². The molecule has 4 rings (SSSR count). The van der Waals surface area contributed by atoms with Gasteiger partial charge in [0.1, 0.15) is 17.3 Å². The van der Waals surface area contributed by atoms with Crippen LogP contribution in [0.25, 0.3) is 22.3 Å². The number of hydrogen-bond acceptors (Lipinski definition) is 5. The van der Waals surface area contributed by atoms with Crippen molar-refractivity contribution >= 4 is 11.9 Å². The Morgan fingerprint density at radius 3 is 2.06 bits per heavy atom. The van der Waals surface area contributed by atoms with Crippen molar-refractivity contribution in [2.45, 2.75) is 70.7 Å². The number of alkyl halides is 3. The Bertz CT molecular complexity index is 1650. The van der Waals surface area contributed by atoms with E-state index in [9.17, 15) is 37.4 Å². The quantitative estimate of drug-likeness (QED) is 0.110. The lowest BCUT2D eigenvalue weighted by atomic mass is 9.92. The highest BCUT2D eigenvalue weighted by Gasteiger charge is 2.32. The van der Waals surface area contributed by atoms with Gasteiger partial charge in [-0.2, -0.15) is 0 Å². The molecule has 250 valence electrons. The summed E-state index contributed by atoms with van der Waals surface area (Å²) in [6, 6.07) is 19.8. The minimum atomic E-state index is -4.83. The van der Waals surface area contributed by atoms with Gasteiger partial charge in [-0.1, -0.05) is 54.6 Å². The molecule has 0 aliphatic heterocycles. The minimum absolute atomic E-state index is 0.00989. The molecular weight excluding hydrogens is 620 g/mol. The fourth-order valence-electron chi connectivity index (χ4n) is 5.59. The second kappa shape index (κ2) is 15.3. The van der Waals surface area contributed by atoms with Crippen LogP contribution in [-0.2, 0) is 17.8 Å². The molecule has 0 spiro atoms. The van der Waals surface area contributed by atoms with Gasteiger partial charge in [0.2, 0.25) is 0 Å². The Morgan fingerprint density at radius 1 is 0.872 bits per heavy atom. The number of hydrogen-bond donors (Lipinski definition) is 4. The molecule has 47 heavy (non-hydrogen) atoms. The number of aliphatic hydroxyl groups is 2. The minimum Gasteiger partial charge on any atom is -0.481 e. The molecule has 0 saturated heterocycles. The highest BCUT2D eigenvalue weighted by molar-refractivity contribution is 6.05. The Kier molecular flexibility index (Phi) is 11.4. The summed E-state index contributed by atoms with van der Waals surface area (Å²) in [5, 5.41) is 32.7. The van der Waals surface area contributed by atoms with E-state index in [0.29, 0.717) is 33.5 Å². The van der Waals surface area contributed by atoms with Gasteiger partial charge in [0.15, 0.2) is 0 Å². The van der Waals surface area contributed by atoms with Crippen LogP contribution in [0.3, 0.4) is 0 Å². The number of aliphatic carboxylic acids is 1. The van der Waals surface area contributed by atoms with Crippen molar-refractivity contribution in [2.24, 2.45) is 0 Å². The third-order valence-electron chi connectivity index (χ3n) is 7.51. The summed E-state index contributed by atoms with van der Waals surface area (Å²) in [7, 11) is 0. The molecule has 4 aromatic rings. The van der Waals surface area contributed by atoms with Gasteiger partial charge in [0, 0.05) is 29.4 Å². The second-order valence-electron chi connectivity index (χ2n) is 11.4. The number of halogens is 4. The summed E-state index contributed by atoms with van der Waals surface area (Å²) >= 11 is 0. The summed E-state index contributed by atoms with van der Waals surface area (Å²) in [5.41, 5.74) is 4.00. The molecule has 0 fully saturated rings. The maximum absolute atomic E-state index is 14.1. The van der Waals surface area contributed by atoms with Gasteiger partial charge in [0.25, 0.3) is 5.91 Å². The number of carbonyl (C=O) groups excluding carboxylic acids is 1. The number of carbonyl (C=O) groups is 2. The molecule has 0 saturated carbocycles. The number of amides is 1. The summed E-state index contributed by atoms with van der Waals surface area (Å²) in [6.45, 7) is 3.76. The lowest BCUT2D eigenvalue weighted by molar-refractivity contribution is -0.274. The zero-order valence-electron chi connectivity index (χ0n) is 25.8. The van der Waals surface area contributed by atoms with E-state index in [1.54, 1.807) is 12.1 Å². The molecular formula is C35H36F4N2O6. The topological polar surface area (TPSA) is 121 Å². The van der Waals surface area contributed by atoms with Crippen molar-refractivity contribution in [1.82, 2.24) is 9.88 Å². The highest BCUT2D eigenvalue weighted by atomic mass is 19.4. The van der Waals surface area contributed by atoms with Crippen molar-refractivity contribution < 1.29 is 47.2 Å². The monoisotopic (exact) mass is 656 g/mol. The zero-order valence-corrected chi connectivity index (χ0v) is 25.8. The predicted octanol–water partition coefficient (Wildman–Crippen LogP) is 6.89. The summed E-state index contributed by atoms with van der Waals surface area (Å²) in [5.74, 6) is -2.50. The van der Waals surface area contributed by atoms with Crippen LogP contribution in [0, 0.1) is 5.82 Å². The number of aromatic nitrogens is 1. The molecule has 8 nitrogen and oxygen atoms in total. The molecule has 0 unspecified atom stereocenters. The first kappa shape index (κ1) is 35.2. The van der Waals surface area contributed by atoms with Crippen molar-refractivity contribution in [3.05, 3.63) is 102 Å². The summed E-state index contributed by atoms with van der Waals surface area (Å²) < 4.78 is 57.6. The number of carboxylic acid groups (broad SMARTS) is 1. The zero-order chi connectivity index (χ0) is 34.3. The summed E-state index contributed by atoms with van der Waals surface area (Å²) in [4.78, 5) is 25.1. The van der Waals surface area contributed by atoms with E-state index in [-0.39, 0.29) is 43.3 Å². The van der Waals surface area contributed by atoms with E-state index in [2.05, 4.69) is 10.1 Å². The van der Waals surface area contributed by atoms with Gasteiger partial charge in [-0.25, -0.2) is 4.39 Å². The Hall–Kier alpha value is -4.68. The Morgan fingerprint density at radius 2 is 1.49 bits per heavy atom. The van der Waals surface area contributed by atoms with Gasteiger partial charge >= 0.3 is 12.3 Å². The number of ether oxygens (including phenoxy) is 1. The molecule has 0 bridgehead atoms. The second-order valence-corrected chi connectivity index (χ2v) is 11.4. The number of benzene rings is 3. The molecule has 0 radical (unpaired) electrons. The third-order valence-corrected chi connectivity index (χ3v) is 7.51. The van der Waals surface area contributed by atoms with Gasteiger partial charge in [-0.15, -0.1) is 13.2 Å². The SMILES string of the molecule is CC(C)n1c(CC[C@@H](O)C[C@@H](O)CC(=O)O)c(-c2ccc(F)cc2)c(-c2ccccc2)c1C(=O)NCc1ccc(OC(F)(F)F)cc1. The van der Waals surface area contributed by atoms with E-state index in [4.69, 9.17) is 5.11 Å². The number of carboxylic acids is 1. The van der Waals surface area contributed by atoms with Crippen LogP contribution in [0.4, 0.5) is 17.6 Å². The fraction of sp³-hybridized carbons (Fsp3) is 0.314. The molecule has 2 atom stereocenters. The normalized spacial score (nSPS) is 13.0. The first-order chi connectivity index (χ1) is 22.2. The van der Waals surface area contributed by atoms with Crippen molar-refractivity contribution in [1.29, 1.82) is 0 Å². The Labute approximate surface area is 269 Å². The molecule has 1 heterocycles. The van der Waals surface area contributed by atoms with Crippen LogP contribution in [0.2, 0.25) is 0 Å². The average Bonchev–Trinajstić information content (AvgIpc) is 3.34. The van der Waals surface area contributed by atoms with E-state index in [0.717, 1.165) is 12.1 Å². The van der Waals surface area contributed by atoms with Crippen LogP contribution in [-0.4, -0.2) is 50.3 Å². The largest absolute Gasteiger partial charge is 0.573 e. The molecule has 1 amide bonds. The smallest absolute Gasteiger partial charge is 0.481 e. The molecule has 3 aromatic carbocycles. The first-order valence-corrected chi connectivity index (χ1v) is 15.0. The van der Waals surface area contributed by atoms with Gasteiger partial charge in [0.05, 0.1) is 18.6 Å². The third kappa shape index (κ3) is 9.43. The average molecular weight is 657 g/mol. The molecule has 0 aliphatic carbocycles. The Balaban J connectivity index is 1.78. The van der Waals surface area contributed by atoms with E-state index < -0.39 is 42.7 Å². The summed E-state index contributed by atoms with van der Waals surface area (Å²) in [6.07, 6.45) is -7.45. The van der Waals surface area contributed by atoms with Crippen LogP contribution in [0.5, 0.6) is 5.75 Å². The van der Waals surface area contributed by atoms with E-state index in [1.165, 1.54) is 24.3 Å². The molecule has 1 aromatic heterocycles. The predicted molar refractivity (Wildman–Crippen MR) is 167 cm³/mol. The number of nitrogens with one attached hydrogen (secondary N) is 1. The van der Waals surface area contributed by atoms with Crippen LogP contribution < -0.4 is 10.1 Å². The highest BCUT2D eigenvalue weighted by Crippen LogP contribution is 2.42. The maximum atomic E-state index is 14.1. The van der Waals surface area contributed by atoms with Crippen molar-refractivity contribution in [2.75, 3.05) is 0 Å². The lowest BCUT2D eigenvalue weighted by Crippen LogP contribution is -2.27. The van der Waals surface area contributed by atoms with Gasteiger partial charge in [-0.3, -0.25) is 9.59 Å². The first-order valence-electron chi connectivity index (χ1n) is 15.0. The van der Waals surface area contributed by atoms with Gasteiger partial charge < -0.3 is 29.9 Å². The molecule has 0 aliphatic rings. The van der Waals surface area contributed by atoms with Gasteiger partial charge in [-0.05, 0) is 74.1 Å².